The Kier molecular flexibility index (Phi) is 4.72. The fourth-order valence-corrected chi connectivity index (χ4v) is 4.01. The van der Waals surface area contributed by atoms with E-state index in [0.29, 0.717) is 12.1 Å². The number of nitrogens with zero attached hydrogens (tertiary/aromatic N) is 4. The van der Waals surface area contributed by atoms with Crippen molar-refractivity contribution in [1.82, 2.24) is 25.0 Å². The fraction of sp³-hybridized carbons (Fsp3) is 0.579. The summed E-state index contributed by atoms with van der Waals surface area (Å²) in [6, 6.07) is 10.1. The maximum atomic E-state index is 5.45. The molecule has 1 saturated carbocycles. The number of methoxy groups -OCH3 is 1. The molecule has 6 heteroatoms. The highest BCUT2D eigenvalue weighted by molar-refractivity contribution is 5.32. The van der Waals surface area contributed by atoms with E-state index < -0.39 is 0 Å². The molecule has 25 heavy (non-hydrogen) atoms. The SMILES string of the molecule is CCn1ncnc1CN[C@H]1CCN(C2CC2)[C@@H]1c1cccc(OC)c1. The third kappa shape index (κ3) is 3.41. The number of rotatable bonds is 7. The summed E-state index contributed by atoms with van der Waals surface area (Å²) in [6.45, 7) is 4.87. The van der Waals surface area contributed by atoms with Gasteiger partial charge in [0.05, 0.1) is 19.7 Å². The molecule has 1 aliphatic carbocycles. The molecule has 2 aliphatic rings. The second kappa shape index (κ2) is 7.14. The highest BCUT2D eigenvalue weighted by Gasteiger charge is 2.42. The third-order valence-corrected chi connectivity index (χ3v) is 5.41. The molecule has 1 N–H and O–H groups in total. The van der Waals surface area contributed by atoms with E-state index in [1.807, 2.05) is 10.7 Å². The molecule has 2 aromatic rings. The summed E-state index contributed by atoms with van der Waals surface area (Å²) >= 11 is 0. The Morgan fingerprint density at radius 2 is 2.16 bits per heavy atom. The molecule has 0 spiro atoms. The molecule has 0 bridgehead atoms. The van der Waals surface area contributed by atoms with Gasteiger partial charge in [-0.15, -0.1) is 0 Å². The first-order valence-corrected chi connectivity index (χ1v) is 9.30. The largest absolute Gasteiger partial charge is 0.497 e. The van der Waals surface area contributed by atoms with Crippen LogP contribution in [0.5, 0.6) is 5.75 Å². The summed E-state index contributed by atoms with van der Waals surface area (Å²) in [4.78, 5) is 7.07. The van der Waals surface area contributed by atoms with Crippen molar-refractivity contribution in [2.45, 2.75) is 57.4 Å². The van der Waals surface area contributed by atoms with Crippen LogP contribution in [0.1, 0.15) is 43.6 Å². The van der Waals surface area contributed by atoms with Gasteiger partial charge >= 0.3 is 0 Å². The first-order valence-electron chi connectivity index (χ1n) is 9.30. The predicted molar refractivity (Wildman–Crippen MR) is 96.4 cm³/mol. The standard InChI is InChI=1S/C19H27N5O/c1-3-24-18(21-13-22-24)12-20-17-9-10-23(15-7-8-15)19(17)14-5-4-6-16(11-14)25-2/h4-6,11,13,15,17,19-20H,3,7-10,12H2,1-2H3/t17-,19+/m0/s1. The van der Waals surface area contributed by atoms with Gasteiger partial charge in [0, 0.05) is 25.2 Å². The van der Waals surface area contributed by atoms with Crippen LogP contribution >= 0.6 is 0 Å². The summed E-state index contributed by atoms with van der Waals surface area (Å²) in [6.07, 6.45) is 5.47. The maximum absolute atomic E-state index is 5.45. The number of nitrogens with one attached hydrogen (secondary N) is 1. The lowest BCUT2D eigenvalue weighted by molar-refractivity contribution is 0.225. The van der Waals surface area contributed by atoms with Crippen LogP contribution in [-0.4, -0.2) is 45.4 Å². The molecular weight excluding hydrogens is 314 g/mol. The van der Waals surface area contributed by atoms with E-state index in [-0.39, 0.29) is 0 Å². The molecule has 0 unspecified atom stereocenters. The van der Waals surface area contributed by atoms with Crippen molar-refractivity contribution < 1.29 is 4.74 Å². The van der Waals surface area contributed by atoms with E-state index in [4.69, 9.17) is 4.74 Å². The molecule has 0 amide bonds. The zero-order valence-corrected chi connectivity index (χ0v) is 15.1. The Balaban J connectivity index is 1.53. The minimum Gasteiger partial charge on any atom is -0.497 e. The zero-order valence-electron chi connectivity index (χ0n) is 15.1. The molecule has 2 fully saturated rings. The summed E-state index contributed by atoms with van der Waals surface area (Å²) in [5, 5.41) is 8.02. The van der Waals surface area contributed by atoms with E-state index in [1.165, 1.54) is 24.8 Å². The lowest BCUT2D eigenvalue weighted by Crippen LogP contribution is -2.37. The van der Waals surface area contributed by atoms with Gasteiger partial charge in [0.25, 0.3) is 0 Å². The van der Waals surface area contributed by atoms with Crippen molar-refractivity contribution in [3.05, 3.63) is 42.0 Å². The molecular formula is C19H27N5O. The van der Waals surface area contributed by atoms with Gasteiger partial charge in [0.1, 0.15) is 17.9 Å². The lowest BCUT2D eigenvalue weighted by Gasteiger charge is -2.29. The third-order valence-electron chi connectivity index (χ3n) is 5.41. The molecule has 2 atom stereocenters. The van der Waals surface area contributed by atoms with E-state index >= 15 is 0 Å². The number of aryl methyl sites for hydroxylation is 1. The van der Waals surface area contributed by atoms with E-state index in [9.17, 15) is 0 Å². The van der Waals surface area contributed by atoms with Crippen molar-refractivity contribution in [2.75, 3.05) is 13.7 Å². The van der Waals surface area contributed by atoms with Crippen LogP contribution in [0.15, 0.2) is 30.6 Å². The average molecular weight is 341 g/mol. The van der Waals surface area contributed by atoms with Gasteiger partial charge in [-0.1, -0.05) is 12.1 Å². The molecule has 4 rings (SSSR count). The van der Waals surface area contributed by atoms with Gasteiger partial charge in [-0.2, -0.15) is 5.10 Å². The highest BCUT2D eigenvalue weighted by atomic mass is 16.5. The fourth-order valence-electron chi connectivity index (χ4n) is 4.01. The number of aromatic nitrogens is 3. The van der Waals surface area contributed by atoms with Gasteiger partial charge in [0.2, 0.25) is 0 Å². The Morgan fingerprint density at radius 1 is 1.28 bits per heavy atom. The van der Waals surface area contributed by atoms with E-state index in [1.54, 1.807) is 13.4 Å². The van der Waals surface area contributed by atoms with Crippen molar-refractivity contribution in [2.24, 2.45) is 0 Å². The van der Waals surface area contributed by atoms with Crippen LogP contribution in [0.4, 0.5) is 0 Å². The summed E-state index contributed by atoms with van der Waals surface area (Å²) < 4.78 is 7.41. The van der Waals surface area contributed by atoms with Crippen molar-refractivity contribution in [3.63, 3.8) is 0 Å². The molecule has 6 nitrogen and oxygen atoms in total. The molecule has 0 radical (unpaired) electrons. The van der Waals surface area contributed by atoms with Crippen molar-refractivity contribution in [1.29, 1.82) is 0 Å². The van der Waals surface area contributed by atoms with Crippen molar-refractivity contribution in [3.8, 4) is 5.75 Å². The van der Waals surface area contributed by atoms with Crippen LogP contribution in [0.3, 0.4) is 0 Å². The van der Waals surface area contributed by atoms with Gasteiger partial charge in [0.15, 0.2) is 0 Å². The molecule has 1 aromatic heterocycles. The smallest absolute Gasteiger partial charge is 0.140 e. The van der Waals surface area contributed by atoms with Crippen LogP contribution in [0, 0.1) is 0 Å². The monoisotopic (exact) mass is 341 g/mol. The summed E-state index contributed by atoms with van der Waals surface area (Å²) in [5.41, 5.74) is 1.35. The number of ether oxygens (including phenoxy) is 1. The van der Waals surface area contributed by atoms with Gasteiger partial charge < -0.3 is 10.1 Å². The summed E-state index contributed by atoms with van der Waals surface area (Å²) in [7, 11) is 1.74. The molecule has 2 heterocycles. The lowest BCUT2D eigenvalue weighted by atomic mass is 9.99. The Hall–Kier alpha value is -1.92. The van der Waals surface area contributed by atoms with Crippen molar-refractivity contribution >= 4 is 0 Å². The number of likely N-dealkylation sites (tertiary alicyclic amines) is 1. The van der Waals surface area contributed by atoms with Gasteiger partial charge in [-0.25, -0.2) is 9.67 Å². The van der Waals surface area contributed by atoms with Crippen LogP contribution < -0.4 is 10.1 Å². The summed E-state index contributed by atoms with van der Waals surface area (Å²) in [5.74, 6) is 1.95. The second-order valence-corrected chi connectivity index (χ2v) is 6.96. The zero-order chi connectivity index (χ0) is 17.2. The van der Waals surface area contributed by atoms with Crippen LogP contribution in [0.2, 0.25) is 0 Å². The predicted octanol–water partition coefficient (Wildman–Crippen LogP) is 2.37. The Labute approximate surface area is 149 Å². The topological polar surface area (TPSA) is 55.2 Å². The maximum Gasteiger partial charge on any atom is 0.140 e. The molecule has 134 valence electrons. The highest BCUT2D eigenvalue weighted by Crippen LogP contribution is 2.41. The Morgan fingerprint density at radius 3 is 2.92 bits per heavy atom. The first kappa shape index (κ1) is 16.5. The van der Waals surface area contributed by atoms with E-state index in [0.717, 1.165) is 37.3 Å². The number of benzene rings is 1. The molecule has 1 aliphatic heterocycles. The van der Waals surface area contributed by atoms with Gasteiger partial charge in [-0.3, -0.25) is 4.90 Å². The molecule has 1 aromatic carbocycles. The number of hydrogen-bond donors (Lipinski definition) is 1. The van der Waals surface area contributed by atoms with Gasteiger partial charge in [-0.05, 0) is 43.9 Å². The first-order chi connectivity index (χ1) is 12.3. The van der Waals surface area contributed by atoms with Crippen LogP contribution in [0.25, 0.3) is 0 Å². The molecule has 1 saturated heterocycles. The minimum atomic E-state index is 0.403. The quantitative estimate of drug-likeness (QED) is 0.838. The van der Waals surface area contributed by atoms with E-state index in [2.05, 4.69) is 45.4 Å². The number of hydrogen-bond acceptors (Lipinski definition) is 5. The minimum absolute atomic E-state index is 0.403. The second-order valence-electron chi connectivity index (χ2n) is 6.96. The van der Waals surface area contributed by atoms with Crippen LogP contribution in [-0.2, 0) is 13.1 Å². The normalized spacial score (nSPS) is 23.9. The Bertz CT molecular complexity index is 711. The average Bonchev–Trinajstić information content (AvgIpc) is 3.24.